The second-order valence-corrected chi connectivity index (χ2v) is 6.04. The molecule has 0 aliphatic carbocycles. The largest absolute Gasteiger partial charge is 0.480 e. The van der Waals surface area contributed by atoms with Gasteiger partial charge in [-0.05, 0) is 25.5 Å². The minimum absolute atomic E-state index is 0.165. The van der Waals surface area contributed by atoms with E-state index < -0.39 is 11.9 Å². The first kappa shape index (κ1) is 17.4. The van der Waals surface area contributed by atoms with Crippen LogP contribution in [0.4, 0.5) is 5.82 Å². The molecule has 0 aliphatic heterocycles. The summed E-state index contributed by atoms with van der Waals surface area (Å²) < 4.78 is 2.94. The second kappa shape index (κ2) is 7.22. The maximum absolute atomic E-state index is 12.4. The third-order valence-corrected chi connectivity index (χ3v) is 3.87. The minimum atomic E-state index is -1.07. The van der Waals surface area contributed by atoms with Gasteiger partial charge in [-0.2, -0.15) is 10.2 Å². The molecule has 134 valence electrons. The first-order valence-electron chi connectivity index (χ1n) is 8.07. The Morgan fingerprint density at radius 3 is 2.69 bits per heavy atom. The molecule has 0 bridgehead atoms. The fraction of sp³-hybridized carbons (Fsp3) is 0.222. The highest BCUT2D eigenvalue weighted by atomic mass is 16.4. The Bertz CT molecular complexity index is 957. The molecule has 1 amide bonds. The standard InChI is InChI=1S/C18H19N5O3/c1-12-4-3-5-14(8-12)10-22-13(2)9-16(21-22)20-18(26)15-6-7-19-23(15)11-17(24)25/h3-9H,10-11H2,1-2H3,(H,24,25)(H,20,21,26). The normalized spacial score (nSPS) is 10.7. The molecule has 2 heterocycles. The summed E-state index contributed by atoms with van der Waals surface area (Å²) in [6.07, 6.45) is 1.39. The van der Waals surface area contributed by atoms with Gasteiger partial charge in [-0.25, -0.2) is 4.68 Å². The number of amides is 1. The number of carboxylic acid groups (broad SMARTS) is 1. The lowest BCUT2D eigenvalue weighted by Gasteiger charge is -2.06. The Morgan fingerprint density at radius 1 is 1.15 bits per heavy atom. The van der Waals surface area contributed by atoms with E-state index in [2.05, 4.69) is 21.6 Å². The number of anilines is 1. The van der Waals surface area contributed by atoms with E-state index in [1.807, 2.05) is 32.0 Å². The van der Waals surface area contributed by atoms with Crippen LogP contribution in [0, 0.1) is 13.8 Å². The zero-order valence-electron chi connectivity index (χ0n) is 14.5. The van der Waals surface area contributed by atoms with E-state index in [4.69, 9.17) is 5.11 Å². The number of rotatable bonds is 6. The van der Waals surface area contributed by atoms with Crippen molar-refractivity contribution in [3.8, 4) is 0 Å². The zero-order valence-corrected chi connectivity index (χ0v) is 14.5. The molecule has 8 nitrogen and oxygen atoms in total. The number of aryl methyl sites for hydroxylation is 2. The van der Waals surface area contributed by atoms with E-state index in [1.54, 1.807) is 10.7 Å². The lowest BCUT2D eigenvalue weighted by atomic mass is 10.1. The number of hydrogen-bond acceptors (Lipinski definition) is 4. The fourth-order valence-electron chi connectivity index (χ4n) is 2.67. The van der Waals surface area contributed by atoms with Crippen molar-refractivity contribution < 1.29 is 14.7 Å². The van der Waals surface area contributed by atoms with Gasteiger partial charge in [-0.3, -0.25) is 14.3 Å². The second-order valence-electron chi connectivity index (χ2n) is 6.04. The predicted molar refractivity (Wildman–Crippen MR) is 95.1 cm³/mol. The van der Waals surface area contributed by atoms with Gasteiger partial charge < -0.3 is 10.4 Å². The monoisotopic (exact) mass is 353 g/mol. The first-order valence-corrected chi connectivity index (χ1v) is 8.07. The summed E-state index contributed by atoms with van der Waals surface area (Å²) in [6.45, 7) is 4.16. The molecule has 0 fully saturated rings. The quantitative estimate of drug-likeness (QED) is 0.706. The highest BCUT2D eigenvalue weighted by Crippen LogP contribution is 2.13. The van der Waals surface area contributed by atoms with Crippen LogP contribution in [-0.4, -0.2) is 36.5 Å². The highest BCUT2D eigenvalue weighted by molar-refractivity contribution is 6.02. The molecule has 3 aromatic rings. The van der Waals surface area contributed by atoms with Crippen molar-refractivity contribution in [2.45, 2.75) is 26.9 Å². The number of carbonyl (C=O) groups is 2. The summed E-state index contributed by atoms with van der Waals surface area (Å²) in [5.74, 6) is -1.12. The lowest BCUT2D eigenvalue weighted by molar-refractivity contribution is -0.137. The molecule has 2 aromatic heterocycles. The fourth-order valence-corrected chi connectivity index (χ4v) is 2.67. The zero-order chi connectivity index (χ0) is 18.7. The molecular weight excluding hydrogens is 334 g/mol. The number of carboxylic acids is 1. The molecule has 26 heavy (non-hydrogen) atoms. The Morgan fingerprint density at radius 2 is 1.96 bits per heavy atom. The van der Waals surface area contributed by atoms with Crippen LogP contribution in [0.5, 0.6) is 0 Å². The van der Waals surface area contributed by atoms with Crippen LogP contribution in [0.2, 0.25) is 0 Å². The molecule has 0 saturated carbocycles. The molecule has 0 aliphatic rings. The van der Waals surface area contributed by atoms with Crippen LogP contribution in [0.1, 0.15) is 27.3 Å². The molecule has 0 unspecified atom stereocenters. The Balaban J connectivity index is 1.74. The molecule has 0 spiro atoms. The maximum atomic E-state index is 12.4. The Labute approximate surface area is 150 Å². The van der Waals surface area contributed by atoms with Gasteiger partial charge >= 0.3 is 5.97 Å². The van der Waals surface area contributed by atoms with Crippen LogP contribution in [0.25, 0.3) is 0 Å². The van der Waals surface area contributed by atoms with Crippen LogP contribution in [0.3, 0.4) is 0 Å². The van der Waals surface area contributed by atoms with Crippen LogP contribution >= 0.6 is 0 Å². The van der Waals surface area contributed by atoms with Gasteiger partial charge in [-0.15, -0.1) is 0 Å². The van der Waals surface area contributed by atoms with Crippen molar-refractivity contribution in [1.82, 2.24) is 19.6 Å². The smallest absolute Gasteiger partial charge is 0.325 e. The molecule has 1 aromatic carbocycles. The van der Waals surface area contributed by atoms with Gasteiger partial charge in [0.15, 0.2) is 5.82 Å². The van der Waals surface area contributed by atoms with E-state index in [0.29, 0.717) is 12.4 Å². The molecular formula is C18H19N5O3. The number of benzene rings is 1. The first-order chi connectivity index (χ1) is 12.4. The van der Waals surface area contributed by atoms with E-state index in [1.165, 1.54) is 17.8 Å². The number of nitrogens with one attached hydrogen (secondary N) is 1. The number of aromatic nitrogens is 4. The Hall–Kier alpha value is -3.42. The van der Waals surface area contributed by atoms with Gasteiger partial charge in [-0.1, -0.05) is 29.8 Å². The summed E-state index contributed by atoms with van der Waals surface area (Å²) in [7, 11) is 0. The third kappa shape index (κ3) is 3.97. The van der Waals surface area contributed by atoms with E-state index >= 15 is 0 Å². The molecule has 2 N–H and O–H groups in total. The van der Waals surface area contributed by atoms with Crippen molar-refractivity contribution in [3.63, 3.8) is 0 Å². The van der Waals surface area contributed by atoms with E-state index in [9.17, 15) is 9.59 Å². The SMILES string of the molecule is Cc1cccc(Cn2nc(NC(=O)c3ccnn3CC(=O)O)cc2C)c1. The van der Waals surface area contributed by atoms with Crippen molar-refractivity contribution in [2.24, 2.45) is 0 Å². The summed E-state index contributed by atoms with van der Waals surface area (Å²) in [5.41, 5.74) is 3.36. The van der Waals surface area contributed by atoms with Gasteiger partial charge in [0, 0.05) is 18.0 Å². The Kier molecular flexibility index (Phi) is 4.83. The molecule has 0 saturated heterocycles. The van der Waals surface area contributed by atoms with Gasteiger partial charge in [0.1, 0.15) is 12.2 Å². The number of carbonyl (C=O) groups excluding carboxylic acids is 1. The molecule has 0 atom stereocenters. The van der Waals surface area contributed by atoms with Crippen molar-refractivity contribution in [2.75, 3.05) is 5.32 Å². The molecule has 3 rings (SSSR count). The average molecular weight is 353 g/mol. The van der Waals surface area contributed by atoms with E-state index in [-0.39, 0.29) is 12.2 Å². The van der Waals surface area contributed by atoms with Gasteiger partial charge in [0.25, 0.3) is 5.91 Å². The average Bonchev–Trinajstić information content (AvgIpc) is 3.14. The summed E-state index contributed by atoms with van der Waals surface area (Å²) in [4.78, 5) is 23.2. The lowest BCUT2D eigenvalue weighted by Crippen LogP contribution is -2.21. The van der Waals surface area contributed by atoms with Crippen molar-refractivity contribution in [1.29, 1.82) is 0 Å². The van der Waals surface area contributed by atoms with Crippen molar-refractivity contribution in [3.05, 3.63) is 65.1 Å². The van der Waals surface area contributed by atoms with Gasteiger partial charge in [0.2, 0.25) is 0 Å². The van der Waals surface area contributed by atoms with Crippen LogP contribution in [0.15, 0.2) is 42.6 Å². The number of aliphatic carboxylic acids is 1. The molecule has 8 heteroatoms. The summed E-state index contributed by atoms with van der Waals surface area (Å²) >= 11 is 0. The van der Waals surface area contributed by atoms with Crippen LogP contribution in [-0.2, 0) is 17.9 Å². The van der Waals surface area contributed by atoms with Crippen molar-refractivity contribution >= 4 is 17.7 Å². The summed E-state index contributed by atoms with van der Waals surface area (Å²) in [5, 5.41) is 19.8. The topological polar surface area (TPSA) is 102 Å². The maximum Gasteiger partial charge on any atom is 0.325 e. The minimum Gasteiger partial charge on any atom is -0.480 e. The predicted octanol–water partition coefficient (Wildman–Crippen LogP) is 2.08. The molecule has 0 radical (unpaired) electrons. The third-order valence-electron chi connectivity index (χ3n) is 3.87. The number of nitrogens with zero attached hydrogens (tertiary/aromatic N) is 4. The van der Waals surface area contributed by atoms with Gasteiger partial charge in [0.05, 0.1) is 6.54 Å². The highest BCUT2D eigenvalue weighted by Gasteiger charge is 2.16. The summed E-state index contributed by atoms with van der Waals surface area (Å²) in [6, 6.07) is 11.4. The van der Waals surface area contributed by atoms with Crippen LogP contribution < -0.4 is 5.32 Å². The van der Waals surface area contributed by atoms with E-state index in [0.717, 1.165) is 15.9 Å². The number of hydrogen-bond donors (Lipinski definition) is 2.